The van der Waals surface area contributed by atoms with Gasteiger partial charge in [0.2, 0.25) is 0 Å². The number of carbonyl (C=O) groups is 2. The van der Waals surface area contributed by atoms with E-state index >= 15 is 0 Å². The van der Waals surface area contributed by atoms with E-state index in [2.05, 4.69) is 4.98 Å². The molecule has 0 radical (unpaired) electrons. The first kappa shape index (κ1) is 24.7. The third kappa shape index (κ3) is 4.60. The molecule has 0 spiro atoms. The monoisotopic (exact) mass is 482 g/mol. The molecule has 0 fully saturated rings. The lowest BCUT2D eigenvalue weighted by molar-refractivity contribution is -0.140. The van der Waals surface area contributed by atoms with Crippen molar-refractivity contribution in [1.82, 2.24) is 10.0 Å². The molecule has 178 valence electrons. The summed E-state index contributed by atoms with van der Waals surface area (Å²) in [5, 5.41) is 0.195. The predicted octanol–water partition coefficient (Wildman–Crippen LogP) is 5.07. The average molecular weight is 483 g/mol. The van der Waals surface area contributed by atoms with E-state index in [1.807, 2.05) is 33.9 Å². The number of benzene rings is 1. The highest BCUT2D eigenvalue weighted by atomic mass is 28.4. The second kappa shape index (κ2) is 8.14. The number of aromatic nitrogens is 1. The van der Waals surface area contributed by atoms with Gasteiger partial charge in [0.1, 0.15) is 11.7 Å². The summed E-state index contributed by atoms with van der Waals surface area (Å²) < 4.78 is 46.4. The van der Waals surface area contributed by atoms with Gasteiger partial charge in [-0.05, 0) is 43.3 Å². The largest absolute Gasteiger partial charge is 0.532 e. The number of amides is 2. The van der Waals surface area contributed by atoms with Gasteiger partial charge in [-0.1, -0.05) is 32.9 Å². The van der Waals surface area contributed by atoms with Crippen molar-refractivity contribution in [3.05, 3.63) is 62.9 Å². The van der Waals surface area contributed by atoms with Gasteiger partial charge in [0.25, 0.3) is 25.7 Å². The van der Waals surface area contributed by atoms with Crippen LogP contribution in [0, 0.1) is 0 Å². The Morgan fingerprint density at radius 1 is 1.00 bits per heavy atom. The molecule has 2 aromatic rings. The van der Waals surface area contributed by atoms with Gasteiger partial charge < -0.3 is 4.43 Å². The standard InChI is InChI=1S/C22H25F3N2O5Si/c1-12(31-27-19(29)13-9-7-8-10-14(13)20(27)30)15-11-16(22(23,24)25)17(28)26-18(15)32-33(5,6)21(2,3)4/h7-12H,1-6H3,(H,26,28). The van der Waals surface area contributed by atoms with Gasteiger partial charge in [-0.15, -0.1) is 5.06 Å². The highest BCUT2D eigenvalue weighted by molar-refractivity contribution is 6.74. The maximum atomic E-state index is 13.4. The number of hydroxylamine groups is 2. The lowest BCUT2D eigenvalue weighted by Gasteiger charge is -2.37. The van der Waals surface area contributed by atoms with Crippen LogP contribution in [0.1, 0.15) is 65.6 Å². The number of H-pyrrole nitrogens is 1. The van der Waals surface area contributed by atoms with Crippen molar-refractivity contribution < 1.29 is 32.0 Å². The van der Waals surface area contributed by atoms with Crippen LogP contribution in [-0.2, 0) is 11.0 Å². The molecule has 0 bridgehead atoms. The van der Waals surface area contributed by atoms with Crippen molar-refractivity contribution in [2.45, 2.75) is 58.1 Å². The highest BCUT2D eigenvalue weighted by Crippen LogP contribution is 2.40. The molecule has 0 aliphatic carbocycles. The SMILES string of the molecule is CC(ON1C(=O)c2ccccc2C1=O)c1cc(C(F)(F)F)c(=O)[nH]c1O[Si](C)(C)C(C)(C)C. The molecule has 0 saturated carbocycles. The minimum absolute atomic E-state index is 0.130. The molecular formula is C22H25F3N2O5Si. The molecule has 1 aliphatic rings. The number of fused-ring (bicyclic) bond motifs is 1. The number of aromatic amines is 1. The average Bonchev–Trinajstić information content (AvgIpc) is 2.91. The van der Waals surface area contributed by atoms with Gasteiger partial charge in [-0.3, -0.25) is 24.2 Å². The van der Waals surface area contributed by atoms with Crippen LogP contribution >= 0.6 is 0 Å². The summed E-state index contributed by atoms with van der Waals surface area (Å²) in [6.45, 7) is 10.9. The predicted molar refractivity (Wildman–Crippen MR) is 116 cm³/mol. The summed E-state index contributed by atoms with van der Waals surface area (Å²) in [4.78, 5) is 45.2. The van der Waals surface area contributed by atoms with Crippen LogP contribution in [0.5, 0.6) is 5.88 Å². The van der Waals surface area contributed by atoms with E-state index in [0.717, 1.165) is 0 Å². The van der Waals surface area contributed by atoms with Crippen molar-refractivity contribution in [3.63, 3.8) is 0 Å². The molecule has 1 aromatic heterocycles. The molecular weight excluding hydrogens is 457 g/mol. The zero-order valence-electron chi connectivity index (χ0n) is 19.1. The van der Waals surface area contributed by atoms with E-state index in [9.17, 15) is 27.6 Å². The lowest BCUT2D eigenvalue weighted by Crippen LogP contribution is -2.45. The van der Waals surface area contributed by atoms with Gasteiger partial charge >= 0.3 is 6.18 Å². The molecule has 3 rings (SSSR count). The summed E-state index contributed by atoms with van der Waals surface area (Å²) >= 11 is 0. The molecule has 1 unspecified atom stereocenters. The van der Waals surface area contributed by atoms with E-state index in [-0.39, 0.29) is 27.6 Å². The summed E-state index contributed by atoms with van der Waals surface area (Å²) in [5.41, 5.74) is -2.66. The van der Waals surface area contributed by atoms with Gasteiger partial charge in [0.05, 0.1) is 11.1 Å². The molecule has 0 saturated heterocycles. The van der Waals surface area contributed by atoms with Crippen molar-refractivity contribution in [2.24, 2.45) is 0 Å². The number of halogens is 3. The molecule has 1 aromatic carbocycles. The van der Waals surface area contributed by atoms with Crippen molar-refractivity contribution >= 4 is 20.1 Å². The molecule has 2 heterocycles. The number of pyridine rings is 1. The van der Waals surface area contributed by atoms with Gasteiger partial charge in [0, 0.05) is 5.56 Å². The molecule has 1 N–H and O–H groups in total. The van der Waals surface area contributed by atoms with Gasteiger partial charge in [-0.25, -0.2) is 0 Å². The van der Waals surface area contributed by atoms with Crippen molar-refractivity contribution in [2.75, 3.05) is 0 Å². The first-order valence-corrected chi connectivity index (χ1v) is 13.1. The Morgan fingerprint density at radius 2 is 1.52 bits per heavy atom. The fourth-order valence-electron chi connectivity index (χ4n) is 3.01. The normalized spacial score (nSPS) is 15.6. The summed E-state index contributed by atoms with van der Waals surface area (Å²) in [5.74, 6) is -1.63. The van der Waals surface area contributed by atoms with E-state index < -0.39 is 43.5 Å². The smallest absolute Gasteiger partial charge is 0.421 e. The number of nitrogens with one attached hydrogen (secondary N) is 1. The first-order valence-electron chi connectivity index (χ1n) is 10.2. The minimum atomic E-state index is -4.92. The number of nitrogens with zero attached hydrogens (tertiary/aromatic N) is 1. The number of rotatable bonds is 5. The molecule has 2 amide bonds. The topological polar surface area (TPSA) is 88.7 Å². The van der Waals surface area contributed by atoms with Gasteiger partial charge in [0.15, 0.2) is 5.88 Å². The molecule has 1 aliphatic heterocycles. The maximum absolute atomic E-state index is 13.4. The maximum Gasteiger partial charge on any atom is 0.421 e. The number of carbonyl (C=O) groups excluding carboxylic acids is 2. The minimum Gasteiger partial charge on any atom is -0.532 e. The van der Waals surface area contributed by atoms with Crippen LogP contribution in [-0.4, -0.2) is 30.2 Å². The molecule has 1 atom stereocenters. The summed E-state index contributed by atoms with van der Waals surface area (Å²) in [7, 11) is -2.59. The zero-order valence-corrected chi connectivity index (χ0v) is 20.1. The third-order valence-corrected chi connectivity index (χ3v) is 10.3. The Morgan fingerprint density at radius 3 is 1.97 bits per heavy atom. The summed E-state index contributed by atoms with van der Waals surface area (Å²) in [6, 6.07) is 6.72. The van der Waals surface area contributed by atoms with E-state index in [0.29, 0.717) is 11.1 Å². The van der Waals surface area contributed by atoms with Crippen LogP contribution < -0.4 is 9.99 Å². The molecule has 7 nitrogen and oxygen atoms in total. The number of imide groups is 1. The number of hydrogen-bond acceptors (Lipinski definition) is 5. The third-order valence-electron chi connectivity index (χ3n) is 5.96. The second-order valence-electron chi connectivity index (χ2n) is 9.35. The molecule has 11 heteroatoms. The van der Waals surface area contributed by atoms with E-state index in [1.165, 1.54) is 19.1 Å². The second-order valence-corrected chi connectivity index (χ2v) is 14.1. The molecule has 33 heavy (non-hydrogen) atoms. The summed E-state index contributed by atoms with van der Waals surface area (Å²) in [6.07, 6.45) is -6.16. The fourth-order valence-corrected chi connectivity index (χ4v) is 4.00. The van der Waals surface area contributed by atoms with Crippen molar-refractivity contribution in [3.8, 4) is 5.88 Å². The zero-order chi connectivity index (χ0) is 24.9. The van der Waals surface area contributed by atoms with E-state index in [4.69, 9.17) is 9.26 Å². The van der Waals surface area contributed by atoms with Crippen LogP contribution in [0.15, 0.2) is 35.1 Å². The Balaban J connectivity index is 2.04. The Kier molecular flexibility index (Phi) is 6.09. The number of hydrogen-bond donors (Lipinski definition) is 1. The van der Waals surface area contributed by atoms with Crippen LogP contribution in [0.4, 0.5) is 13.2 Å². The Bertz CT molecular complexity index is 1130. The van der Waals surface area contributed by atoms with Gasteiger partial charge in [-0.2, -0.15) is 13.2 Å². The number of alkyl halides is 3. The van der Waals surface area contributed by atoms with Crippen LogP contribution in [0.2, 0.25) is 18.1 Å². The quantitative estimate of drug-likeness (QED) is 0.475. The fraction of sp³-hybridized carbons (Fsp3) is 0.409. The van der Waals surface area contributed by atoms with Crippen molar-refractivity contribution in [1.29, 1.82) is 0 Å². The Labute approximate surface area is 189 Å². The Hall–Kier alpha value is -2.92. The highest BCUT2D eigenvalue weighted by Gasteiger charge is 2.43. The van der Waals surface area contributed by atoms with E-state index in [1.54, 1.807) is 12.1 Å². The van der Waals surface area contributed by atoms with Crippen LogP contribution in [0.25, 0.3) is 0 Å². The lowest BCUT2D eigenvalue weighted by atomic mass is 10.1. The first-order chi connectivity index (χ1) is 15.0. The van der Waals surface area contributed by atoms with Crippen LogP contribution in [0.3, 0.4) is 0 Å².